The molecule has 0 atom stereocenters. The second-order valence-corrected chi connectivity index (χ2v) is 3.52. The molecule has 1 heterocycles. The minimum absolute atomic E-state index is 1.20. The molecule has 1 aliphatic heterocycles. The maximum atomic E-state index is 2.27. The molecule has 0 bridgehead atoms. The summed E-state index contributed by atoms with van der Waals surface area (Å²) < 4.78 is 0. The van der Waals surface area contributed by atoms with Crippen LogP contribution in [0.1, 0.15) is 19.8 Å². The van der Waals surface area contributed by atoms with Crippen molar-refractivity contribution in [2.24, 2.45) is 0 Å². The van der Waals surface area contributed by atoms with Gasteiger partial charge in [-0.05, 0) is 25.8 Å². The van der Waals surface area contributed by atoms with Crippen LogP contribution in [-0.4, -0.2) is 14.3 Å². The third-order valence-electron chi connectivity index (χ3n) is 1.16. The first-order chi connectivity index (χ1) is 2.89. The largest absolute Gasteiger partial charge is 0.0920 e. The Bertz CT molecular complexity index is 74.0. The fourth-order valence-corrected chi connectivity index (χ4v) is 1.88. The maximum absolute atomic E-state index is 2.27. The van der Waals surface area contributed by atoms with E-state index in [1.165, 1.54) is 28.0 Å². The predicted molar refractivity (Wildman–Crippen MR) is 30.5 cm³/mol. The van der Waals surface area contributed by atoms with Gasteiger partial charge in [0.15, 0.2) is 0 Å². The van der Waals surface area contributed by atoms with Crippen molar-refractivity contribution in [3.63, 3.8) is 0 Å². The molecule has 1 rings (SSSR count). The van der Waals surface area contributed by atoms with E-state index in [0.717, 1.165) is 0 Å². The van der Waals surface area contributed by atoms with Gasteiger partial charge in [0.1, 0.15) is 0 Å². The Balaban J connectivity index is 2.45. The molecule has 0 fully saturated rings. The van der Waals surface area contributed by atoms with Gasteiger partial charge in [-0.2, -0.15) is 0 Å². The van der Waals surface area contributed by atoms with Crippen LogP contribution in [0.3, 0.4) is 0 Å². The van der Waals surface area contributed by atoms with Crippen LogP contribution in [0.5, 0.6) is 0 Å². The van der Waals surface area contributed by atoms with Gasteiger partial charge < -0.3 is 0 Å². The Hall–Kier alpha value is 0.0869. The van der Waals surface area contributed by atoms with Crippen LogP contribution in [0, 0.1) is 0 Å². The smallest absolute Gasteiger partial charge is 0.0180 e. The quantitative estimate of drug-likeness (QED) is 0.397. The van der Waals surface area contributed by atoms with Gasteiger partial charge in [0.05, 0.1) is 0 Å². The third-order valence-corrected chi connectivity index (χ3v) is 2.61. The number of hydrogen-bond donors (Lipinski definition) is 0. The van der Waals surface area contributed by atoms with Gasteiger partial charge in [0, 0.05) is 9.13 Å². The van der Waals surface area contributed by atoms with Gasteiger partial charge in [-0.15, -0.1) is 0 Å². The molecule has 1 radical (unpaired) electrons. The predicted octanol–water partition coefficient (Wildman–Crippen LogP) is 1.09. The zero-order valence-electron chi connectivity index (χ0n) is 4.12. The van der Waals surface area contributed by atoms with Gasteiger partial charge in [0.25, 0.3) is 0 Å². The minimum atomic E-state index is 1.20. The van der Waals surface area contributed by atoms with Crippen molar-refractivity contribution in [2.75, 3.05) is 0 Å². The first-order valence-electron chi connectivity index (χ1n) is 2.46. The van der Waals surface area contributed by atoms with E-state index in [2.05, 4.69) is 6.92 Å². The lowest BCUT2D eigenvalue weighted by molar-refractivity contribution is 1.02. The molecule has 1 heteroatoms. The first kappa shape index (κ1) is 4.25. The number of hydrogen-bond acceptors (Lipinski definition) is 0. The molecule has 0 spiro atoms. The summed E-state index contributed by atoms with van der Waals surface area (Å²) in [7, 11) is 1.20. The molecule has 0 aromatic carbocycles. The lowest BCUT2D eigenvalue weighted by Crippen LogP contribution is -1.83. The molecule has 33 valence electrons. The van der Waals surface area contributed by atoms with Gasteiger partial charge in [-0.3, -0.25) is 0 Å². The van der Waals surface area contributed by atoms with Crippen molar-refractivity contribution >= 4 is 14.3 Å². The standard InChI is InChI=1S/C5H9Si/c1-5-3-2-4-6-5/h2-4H2,1H3. The zero-order chi connectivity index (χ0) is 4.41. The van der Waals surface area contributed by atoms with Crippen molar-refractivity contribution in [1.29, 1.82) is 0 Å². The second kappa shape index (κ2) is 1.69. The molecule has 6 heavy (non-hydrogen) atoms. The highest BCUT2D eigenvalue weighted by molar-refractivity contribution is 6.55. The molecule has 1 aliphatic rings. The summed E-state index contributed by atoms with van der Waals surface area (Å²) in [5.74, 6) is 0. The summed E-state index contributed by atoms with van der Waals surface area (Å²) >= 11 is 0. The lowest BCUT2D eigenvalue weighted by Gasteiger charge is -1.80. The Morgan fingerprint density at radius 3 is 2.67 bits per heavy atom. The molecular weight excluding hydrogens is 88.1 g/mol. The molecule has 0 N–H and O–H groups in total. The summed E-state index contributed by atoms with van der Waals surface area (Å²) in [5.41, 5.74) is 0. The van der Waals surface area contributed by atoms with Gasteiger partial charge in [-0.25, -0.2) is 0 Å². The lowest BCUT2D eigenvalue weighted by atomic mass is 10.3. The maximum Gasteiger partial charge on any atom is 0.0180 e. The Morgan fingerprint density at radius 1 is 1.67 bits per heavy atom. The normalized spacial score (nSPS) is 21.2. The van der Waals surface area contributed by atoms with Crippen LogP contribution in [0.25, 0.3) is 0 Å². The fourth-order valence-electron chi connectivity index (χ4n) is 0.744. The molecule has 0 aromatic rings. The summed E-state index contributed by atoms with van der Waals surface area (Å²) in [6, 6.07) is 1.48. The Kier molecular flexibility index (Phi) is 1.20. The SMILES string of the molecule is CC1=[Si]CCC1. The average molecular weight is 97.2 g/mol. The molecule has 0 saturated carbocycles. The van der Waals surface area contributed by atoms with E-state index in [1.807, 2.05) is 0 Å². The van der Waals surface area contributed by atoms with Crippen LogP contribution in [0.2, 0.25) is 6.04 Å². The van der Waals surface area contributed by atoms with Crippen molar-refractivity contribution < 1.29 is 0 Å². The van der Waals surface area contributed by atoms with E-state index in [1.54, 1.807) is 5.17 Å². The van der Waals surface area contributed by atoms with Gasteiger partial charge >= 0.3 is 0 Å². The first-order valence-corrected chi connectivity index (χ1v) is 3.66. The van der Waals surface area contributed by atoms with E-state index in [0.29, 0.717) is 0 Å². The van der Waals surface area contributed by atoms with E-state index in [-0.39, 0.29) is 0 Å². The summed E-state index contributed by atoms with van der Waals surface area (Å²) in [6.45, 7) is 2.27. The minimum Gasteiger partial charge on any atom is -0.0920 e. The van der Waals surface area contributed by atoms with Gasteiger partial charge in [0.2, 0.25) is 0 Å². The van der Waals surface area contributed by atoms with Crippen LogP contribution in [0.4, 0.5) is 0 Å². The second-order valence-electron chi connectivity index (χ2n) is 1.81. The Labute approximate surface area is 41.0 Å². The fraction of sp³-hybridized carbons (Fsp3) is 0.800. The average Bonchev–Trinajstić information content (AvgIpc) is 1.86. The van der Waals surface area contributed by atoms with E-state index >= 15 is 0 Å². The van der Waals surface area contributed by atoms with Crippen LogP contribution in [0.15, 0.2) is 0 Å². The highest BCUT2D eigenvalue weighted by atomic mass is 28.2. The van der Waals surface area contributed by atoms with Gasteiger partial charge in [-0.1, -0.05) is 5.17 Å². The van der Waals surface area contributed by atoms with Crippen LogP contribution < -0.4 is 0 Å². The van der Waals surface area contributed by atoms with Crippen LogP contribution >= 0.6 is 0 Å². The molecule has 0 unspecified atom stereocenters. The summed E-state index contributed by atoms with van der Waals surface area (Å²) in [5, 5.41) is 1.73. The topological polar surface area (TPSA) is 0 Å². The van der Waals surface area contributed by atoms with Crippen LogP contribution in [-0.2, 0) is 0 Å². The summed E-state index contributed by atoms with van der Waals surface area (Å²) in [4.78, 5) is 0. The molecular formula is C5H9Si. The molecule has 0 aliphatic carbocycles. The van der Waals surface area contributed by atoms with Crippen molar-refractivity contribution in [3.8, 4) is 0 Å². The highest BCUT2D eigenvalue weighted by Gasteiger charge is 1.95. The third kappa shape index (κ3) is 0.775. The van der Waals surface area contributed by atoms with E-state index in [4.69, 9.17) is 0 Å². The molecule has 0 saturated heterocycles. The van der Waals surface area contributed by atoms with Crippen molar-refractivity contribution in [3.05, 3.63) is 0 Å². The molecule has 0 aromatic heterocycles. The van der Waals surface area contributed by atoms with E-state index in [9.17, 15) is 0 Å². The monoisotopic (exact) mass is 97.0 g/mol. The zero-order valence-corrected chi connectivity index (χ0v) is 5.12. The highest BCUT2D eigenvalue weighted by Crippen LogP contribution is 2.01. The summed E-state index contributed by atoms with van der Waals surface area (Å²) in [6.07, 6.45) is 2.88. The van der Waals surface area contributed by atoms with Crippen molar-refractivity contribution in [2.45, 2.75) is 25.8 Å². The molecule has 0 amide bonds. The number of rotatable bonds is 0. The van der Waals surface area contributed by atoms with Crippen molar-refractivity contribution in [1.82, 2.24) is 0 Å². The van der Waals surface area contributed by atoms with E-state index < -0.39 is 0 Å². The molecule has 0 nitrogen and oxygen atoms in total. The Morgan fingerprint density at radius 2 is 2.50 bits per heavy atom.